The normalized spacial score (nSPS) is 42.7. The topological polar surface area (TPSA) is 58.2 Å². The van der Waals surface area contributed by atoms with E-state index in [1.54, 1.807) is 0 Å². The minimum Gasteiger partial charge on any atom is -0.353 e. The lowest BCUT2D eigenvalue weighted by molar-refractivity contribution is -0.128. The minimum atomic E-state index is 0.259. The Balaban J connectivity index is 1.16. The Labute approximate surface area is 215 Å². The van der Waals surface area contributed by atoms with Crippen LogP contribution in [0.4, 0.5) is 0 Å². The molecule has 4 aliphatic carbocycles. The molecule has 0 aromatic rings. The molecular weight excluding hydrogens is 432 g/mol. The molecule has 6 atom stereocenters. The van der Waals surface area contributed by atoms with Crippen LogP contribution < -0.4 is 10.6 Å². The number of carbonyl (C=O) groups is 2. The molecule has 6 unspecified atom stereocenters. The van der Waals surface area contributed by atoms with Gasteiger partial charge in [-0.25, -0.2) is 0 Å². The lowest BCUT2D eigenvalue weighted by Gasteiger charge is -2.40. The molecular formula is C31H54N2O2. The molecule has 35 heavy (non-hydrogen) atoms. The zero-order chi connectivity index (χ0) is 24.9. The molecule has 2 amide bonds. The van der Waals surface area contributed by atoms with E-state index in [0.717, 1.165) is 62.2 Å². The Bertz CT molecular complexity index is 634. The number of hydrogen-bond acceptors (Lipinski definition) is 2. The second kappa shape index (κ2) is 12.5. The molecule has 4 heteroatoms. The van der Waals surface area contributed by atoms with Crippen molar-refractivity contribution in [2.24, 2.45) is 47.3 Å². The summed E-state index contributed by atoms with van der Waals surface area (Å²) in [6, 6.07) is 0.761. The summed E-state index contributed by atoms with van der Waals surface area (Å²) in [5.74, 6) is 5.57. The first-order valence-corrected chi connectivity index (χ1v) is 15.4. The lowest BCUT2D eigenvalue weighted by Crippen LogP contribution is -2.46. The number of carbonyl (C=O) groups excluding carboxylic acids is 2. The van der Waals surface area contributed by atoms with E-state index >= 15 is 0 Å². The highest BCUT2D eigenvalue weighted by molar-refractivity contribution is 5.79. The molecule has 4 rings (SSSR count). The maximum atomic E-state index is 12.8. The molecule has 0 heterocycles. The third kappa shape index (κ3) is 7.48. The van der Waals surface area contributed by atoms with Crippen molar-refractivity contribution in [3.05, 3.63) is 0 Å². The first-order chi connectivity index (χ1) is 16.8. The highest BCUT2D eigenvalue weighted by Gasteiger charge is 2.35. The van der Waals surface area contributed by atoms with Gasteiger partial charge in [0.15, 0.2) is 0 Å². The van der Waals surface area contributed by atoms with Crippen LogP contribution in [0.15, 0.2) is 0 Å². The Hall–Kier alpha value is -1.06. The van der Waals surface area contributed by atoms with Gasteiger partial charge in [-0.3, -0.25) is 9.59 Å². The van der Waals surface area contributed by atoms with Crippen LogP contribution in [0.25, 0.3) is 0 Å². The molecule has 200 valence electrons. The zero-order valence-electron chi connectivity index (χ0n) is 23.2. The summed E-state index contributed by atoms with van der Waals surface area (Å²) < 4.78 is 0. The van der Waals surface area contributed by atoms with Gasteiger partial charge in [-0.05, 0) is 132 Å². The molecule has 0 aromatic heterocycles. The Morgan fingerprint density at radius 2 is 0.914 bits per heavy atom. The van der Waals surface area contributed by atoms with E-state index in [2.05, 4.69) is 38.3 Å². The summed E-state index contributed by atoms with van der Waals surface area (Å²) in [5.41, 5.74) is 0. The molecule has 0 radical (unpaired) electrons. The number of rotatable bonds is 6. The van der Waals surface area contributed by atoms with E-state index in [-0.39, 0.29) is 11.8 Å². The van der Waals surface area contributed by atoms with Crippen molar-refractivity contribution < 1.29 is 9.59 Å². The molecule has 0 spiro atoms. The summed E-state index contributed by atoms with van der Waals surface area (Å²) in [6.45, 7) is 9.36. The van der Waals surface area contributed by atoms with Crippen LogP contribution in [0.2, 0.25) is 0 Å². The molecule has 2 N–H and O–H groups in total. The van der Waals surface area contributed by atoms with E-state index in [0.29, 0.717) is 35.7 Å². The number of nitrogens with one attached hydrogen (secondary N) is 2. The van der Waals surface area contributed by atoms with E-state index in [1.165, 1.54) is 57.8 Å². The minimum absolute atomic E-state index is 0.259. The number of amides is 2. The van der Waals surface area contributed by atoms with Crippen molar-refractivity contribution >= 4 is 11.8 Å². The maximum Gasteiger partial charge on any atom is 0.223 e. The summed E-state index contributed by atoms with van der Waals surface area (Å²) in [6.07, 6.45) is 17.9. The van der Waals surface area contributed by atoms with Gasteiger partial charge in [0.05, 0.1) is 0 Å². The molecule has 4 nitrogen and oxygen atoms in total. The van der Waals surface area contributed by atoms with Gasteiger partial charge in [0, 0.05) is 23.9 Å². The van der Waals surface area contributed by atoms with E-state index < -0.39 is 0 Å². The second-order valence-corrected chi connectivity index (χ2v) is 13.7. The average molecular weight is 487 g/mol. The van der Waals surface area contributed by atoms with Gasteiger partial charge in [0.2, 0.25) is 11.8 Å². The van der Waals surface area contributed by atoms with Gasteiger partial charge in [-0.1, -0.05) is 27.7 Å². The van der Waals surface area contributed by atoms with Crippen molar-refractivity contribution in [1.29, 1.82) is 0 Å². The largest absolute Gasteiger partial charge is 0.353 e. The van der Waals surface area contributed by atoms with Gasteiger partial charge in [0.1, 0.15) is 0 Å². The van der Waals surface area contributed by atoms with Gasteiger partial charge < -0.3 is 10.6 Å². The Kier molecular flexibility index (Phi) is 9.60. The average Bonchev–Trinajstić information content (AvgIpc) is 2.83. The van der Waals surface area contributed by atoms with Crippen LogP contribution in [-0.2, 0) is 9.59 Å². The highest BCUT2D eigenvalue weighted by atomic mass is 16.2. The predicted molar refractivity (Wildman–Crippen MR) is 144 cm³/mol. The third-order valence-corrected chi connectivity index (χ3v) is 10.7. The first-order valence-electron chi connectivity index (χ1n) is 15.4. The summed E-state index contributed by atoms with van der Waals surface area (Å²) in [7, 11) is 0. The van der Waals surface area contributed by atoms with Crippen LogP contribution in [0.3, 0.4) is 0 Å². The Morgan fingerprint density at radius 3 is 1.26 bits per heavy atom. The number of hydrogen-bond donors (Lipinski definition) is 2. The fourth-order valence-electron chi connectivity index (χ4n) is 7.99. The second-order valence-electron chi connectivity index (χ2n) is 13.7. The molecule has 4 saturated carbocycles. The molecule has 0 saturated heterocycles. The van der Waals surface area contributed by atoms with Crippen LogP contribution in [0, 0.1) is 47.3 Å². The summed E-state index contributed by atoms with van der Waals surface area (Å²) in [5, 5.41) is 6.92. The quantitative estimate of drug-likeness (QED) is 0.430. The van der Waals surface area contributed by atoms with Crippen molar-refractivity contribution in [3.8, 4) is 0 Å². The molecule has 4 aliphatic rings. The zero-order valence-corrected chi connectivity index (χ0v) is 23.2. The van der Waals surface area contributed by atoms with Crippen molar-refractivity contribution in [1.82, 2.24) is 10.6 Å². The van der Waals surface area contributed by atoms with Crippen LogP contribution in [0.5, 0.6) is 0 Å². The first kappa shape index (κ1) is 27.0. The van der Waals surface area contributed by atoms with Crippen LogP contribution in [-0.4, -0.2) is 23.9 Å². The SMILES string of the molecule is CC1CCC(C(=O)NC2CCC(CC3CCC(NC(=O)C4CCC(C)CC4)C(C)C3)CC2C)CC1. The van der Waals surface area contributed by atoms with E-state index in [9.17, 15) is 9.59 Å². The van der Waals surface area contributed by atoms with Crippen LogP contribution >= 0.6 is 0 Å². The van der Waals surface area contributed by atoms with Crippen molar-refractivity contribution in [3.63, 3.8) is 0 Å². The van der Waals surface area contributed by atoms with Gasteiger partial charge in [-0.2, -0.15) is 0 Å². The standard InChI is InChI=1S/C31H54N2O2/c1-20-5-11-26(12-6-20)30(34)32-28-15-9-24(17-22(28)3)19-25-10-16-29(23(4)18-25)33-31(35)27-13-7-21(2)8-14-27/h20-29H,5-19H2,1-4H3,(H,32,34)(H,33,35). The monoisotopic (exact) mass is 486 g/mol. The highest BCUT2D eigenvalue weighted by Crippen LogP contribution is 2.39. The van der Waals surface area contributed by atoms with Crippen LogP contribution in [0.1, 0.15) is 124 Å². The predicted octanol–water partition coefficient (Wildman–Crippen LogP) is 6.87. The van der Waals surface area contributed by atoms with Gasteiger partial charge in [-0.15, -0.1) is 0 Å². The van der Waals surface area contributed by atoms with E-state index in [4.69, 9.17) is 0 Å². The fourth-order valence-corrected chi connectivity index (χ4v) is 7.99. The van der Waals surface area contributed by atoms with Crippen molar-refractivity contribution in [2.45, 2.75) is 136 Å². The molecule has 0 aromatic carbocycles. The Morgan fingerprint density at radius 1 is 0.543 bits per heavy atom. The van der Waals surface area contributed by atoms with E-state index in [1.807, 2.05) is 0 Å². The molecule has 4 fully saturated rings. The fraction of sp³-hybridized carbons (Fsp3) is 0.935. The molecule has 0 aliphatic heterocycles. The lowest BCUT2D eigenvalue weighted by atomic mass is 9.70. The maximum absolute atomic E-state index is 12.8. The smallest absolute Gasteiger partial charge is 0.223 e. The van der Waals surface area contributed by atoms with Gasteiger partial charge >= 0.3 is 0 Å². The third-order valence-electron chi connectivity index (χ3n) is 10.7. The summed E-state index contributed by atoms with van der Waals surface area (Å²) >= 11 is 0. The summed E-state index contributed by atoms with van der Waals surface area (Å²) in [4.78, 5) is 25.7. The van der Waals surface area contributed by atoms with Crippen molar-refractivity contribution in [2.75, 3.05) is 0 Å². The van der Waals surface area contributed by atoms with Gasteiger partial charge in [0.25, 0.3) is 0 Å². The molecule has 0 bridgehead atoms.